The van der Waals surface area contributed by atoms with E-state index in [0.717, 1.165) is 20.6 Å². The van der Waals surface area contributed by atoms with Crippen LogP contribution in [0, 0.1) is 5.92 Å². The van der Waals surface area contributed by atoms with Crippen LogP contribution in [0.2, 0.25) is 0 Å². The summed E-state index contributed by atoms with van der Waals surface area (Å²) >= 11 is 5.02. The van der Waals surface area contributed by atoms with Gasteiger partial charge in [-0.1, -0.05) is 30.3 Å². The van der Waals surface area contributed by atoms with E-state index in [1.165, 1.54) is 16.2 Å². The highest BCUT2D eigenvalue weighted by atomic mass is 79.9. The van der Waals surface area contributed by atoms with Crippen LogP contribution < -0.4 is 5.32 Å². The van der Waals surface area contributed by atoms with Crippen molar-refractivity contribution in [3.63, 3.8) is 0 Å². The van der Waals surface area contributed by atoms with Gasteiger partial charge in [0.05, 0.1) is 21.5 Å². The summed E-state index contributed by atoms with van der Waals surface area (Å²) in [5.74, 6) is -0.761. The molecule has 2 amide bonds. The molecule has 2 heterocycles. The van der Waals surface area contributed by atoms with Crippen molar-refractivity contribution in [2.75, 3.05) is 11.9 Å². The van der Waals surface area contributed by atoms with Crippen LogP contribution in [0.3, 0.4) is 0 Å². The maximum atomic E-state index is 13.3. The molecule has 0 aliphatic carbocycles. The van der Waals surface area contributed by atoms with Crippen molar-refractivity contribution in [1.82, 2.24) is 14.7 Å². The van der Waals surface area contributed by atoms with Gasteiger partial charge < -0.3 is 15.3 Å². The van der Waals surface area contributed by atoms with Gasteiger partial charge in [-0.3, -0.25) is 9.48 Å². The Morgan fingerprint density at radius 3 is 2.50 bits per heavy atom. The van der Waals surface area contributed by atoms with E-state index in [0.29, 0.717) is 11.4 Å². The monoisotopic (exact) mass is 518 g/mol. The maximum absolute atomic E-state index is 13.3. The van der Waals surface area contributed by atoms with Gasteiger partial charge in [-0.25, -0.2) is 4.79 Å². The van der Waals surface area contributed by atoms with Crippen molar-refractivity contribution in [2.45, 2.75) is 32.7 Å². The average Bonchev–Trinajstić information content (AvgIpc) is 3.29. The van der Waals surface area contributed by atoms with Crippen molar-refractivity contribution >= 4 is 44.3 Å². The zero-order valence-electron chi connectivity index (χ0n) is 18.5. The first-order valence-corrected chi connectivity index (χ1v) is 11.8. The van der Waals surface area contributed by atoms with E-state index >= 15 is 0 Å². The Kier molecular flexibility index (Phi) is 7.40. The van der Waals surface area contributed by atoms with E-state index in [-0.39, 0.29) is 12.5 Å². The summed E-state index contributed by atoms with van der Waals surface area (Å²) in [7, 11) is 1.86. The predicted molar refractivity (Wildman–Crippen MR) is 131 cm³/mol. The SMILES string of the molecule is Cn1nccc1-c1sc(NC(=O)C(Cc2ccccc2)CN(C(=O)O)C(C)(C)C)cc1Br. The minimum absolute atomic E-state index is 0.0979. The molecule has 1 aromatic carbocycles. The zero-order chi connectivity index (χ0) is 23.5. The Bertz CT molecular complexity index is 1090. The number of hydrogen-bond acceptors (Lipinski definition) is 4. The summed E-state index contributed by atoms with van der Waals surface area (Å²) in [6.45, 7) is 5.58. The molecule has 0 bridgehead atoms. The van der Waals surface area contributed by atoms with E-state index < -0.39 is 17.6 Å². The summed E-state index contributed by atoms with van der Waals surface area (Å²) < 4.78 is 2.64. The van der Waals surface area contributed by atoms with Gasteiger partial charge in [-0.2, -0.15) is 5.10 Å². The van der Waals surface area contributed by atoms with Gasteiger partial charge in [0.2, 0.25) is 5.91 Å². The van der Waals surface area contributed by atoms with Crippen molar-refractivity contribution in [3.8, 4) is 10.6 Å². The number of anilines is 1. The Labute approximate surface area is 200 Å². The van der Waals surface area contributed by atoms with Gasteiger partial charge >= 0.3 is 6.09 Å². The molecule has 0 spiro atoms. The number of benzene rings is 1. The Hall–Kier alpha value is -2.65. The molecule has 1 atom stereocenters. The lowest BCUT2D eigenvalue weighted by atomic mass is 9.95. The minimum atomic E-state index is -1.04. The number of carbonyl (C=O) groups is 2. The number of nitrogens with one attached hydrogen (secondary N) is 1. The molecule has 1 unspecified atom stereocenters. The van der Waals surface area contributed by atoms with Gasteiger partial charge in [0.25, 0.3) is 0 Å². The van der Waals surface area contributed by atoms with Crippen molar-refractivity contribution < 1.29 is 14.7 Å². The summed E-state index contributed by atoms with van der Waals surface area (Å²) in [5.41, 5.74) is 1.29. The Balaban J connectivity index is 1.85. The van der Waals surface area contributed by atoms with E-state index in [1.807, 2.05) is 70.3 Å². The van der Waals surface area contributed by atoms with Crippen LogP contribution >= 0.6 is 27.3 Å². The van der Waals surface area contributed by atoms with Crippen molar-refractivity contribution in [1.29, 1.82) is 0 Å². The first-order valence-electron chi connectivity index (χ1n) is 10.2. The lowest BCUT2D eigenvalue weighted by Gasteiger charge is -2.35. The largest absolute Gasteiger partial charge is 0.465 e. The molecule has 2 N–H and O–H groups in total. The van der Waals surface area contributed by atoms with Gasteiger partial charge in [-0.05, 0) is 60.8 Å². The number of halogens is 1. The number of carbonyl (C=O) groups excluding carboxylic acids is 1. The van der Waals surface area contributed by atoms with E-state index in [4.69, 9.17) is 0 Å². The van der Waals surface area contributed by atoms with Gasteiger partial charge in [0, 0.05) is 29.8 Å². The molecule has 0 saturated heterocycles. The highest BCUT2D eigenvalue weighted by molar-refractivity contribution is 9.10. The smallest absolute Gasteiger partial charge is 0.407 e. The topological polar surface area (TPSA) is 87.5 Å². The molecular formula is C23H27BrN4O3S. The van der Waals surface area contributed by atoms with E-state index in [1.54, 1.807) is 10.9 Å². The maximum Gasteiger partial charge on any atom is 0.407 e. The second-order valence-corrected chi connectivity index (χ2v) is 10.5. The predicted octanol–water partition coefficient (Wildman–Crippen LogP) is 5.49. The molecular weight excluding hydrogens is 492 g/mol. The highest BCUT2D eigenvalue weighted by Crippen LogP contribution is 2.39. The van der Waals surface area contributed by atoms with E-state index in [2.05, 4.69) is 26.3 Å². The summed E-state index contributed by atoms with van der Waals surface area (Å²) in [6.07, 6.45) is 1.12. The molecule has 7 nitrogen and oxygen atoms in total. The zero-order valence-corrected chi connectivity index (χ0v) is 20.9. The van der Waals surface area contributed by atoms with Gasteiger partial charge in [0.1, 0.15) is 0 Å². The number of carboxylic acid groups (broad SMARTS) is 1. The molecule has 170 valence electrons. The molecule has 0 radical (unpaired) electrons. The van der Waals surface area contributed by atoms with Crippen LogP contribution in [0.4, 0.5) is 9.80 Å². The standard InChI is InChI=1S/C23H27BrN4O3S/c1-23(2,3)28(22(30)31)14-16(12-15-8-6-5-7-9-15)21(29)26-19-13-17(24)20(32-19)18-10-11-25-27(18)4/h5-11,13,16H,12,14H2,1-4H3,(H,26,29)(H,30,31). The molecule has 3 aromatic rings. The molecule has 0 aliphatic rings. The fourth-order valence-electron chi connectivity index (χ4n) is 3.42. The van der Waals surface area contributed by atoms with Gasteiger partial charge in [-0.15, -0.1) is 11.3 Å². The molecule has 3 rings (SSSR count). The van der Waals surface area contributed by atoms with Crippen LogP contribution in [0.25, 0.3) is 10.6 Å². The number of aryl methyl sites for hydroxylation is 1. The molecule has 9 heteroatoms. The average molecular weight is 519 g/mol. The molecule has 0 fully saturated rings. The molecule has 0 aliphatic heterocycles. The van der Waals surface area contributed by atoms with Crippen molar-refractivity contribution in [2.24, 2.45) is 13.0 Å². The summed E-state index contributed by atoms with van der Waals surface area (Å²) in [5, 5.41) is 17.6. The fourth-order valence-corrected chi connectivity index (χ4v) is 5.26. The first kappa shape index (κ1) is 24.0. The third kappa shape index (κ3) is 5.77. The highest BCUT2D eigenvalue weighted by Gasteiger charge is 2.32. The summed E-state index contributed by atoms with van der Waals surface area (Å²) in [6, 6.07) is 13.4. The number of aromatic nitrogens is 2. The quantitative estimate of drug-likeness (QED) is 0.433. The van der Waals surface area contributed by atoms with Crippen LogP contribution in [0.1, 0.15) is 26.3 Å². The lowest BCUT2D eigenvalue weighted by Crippen LogP contribution is -2.49. The fraction of sp³-hybridized carbons (Fsp3) is 0.348. The van der Waals surface area contributed by atoms with Gasteiger partial charge in [0.15, 0.2) is 0 Å². The number of rotatable bonds is 7. The normalized spacial score (nSPS) is 12.4. The van der Waals surface area contributed by atoms with Crippen LogP contribution in [-0.2, 0) is 18.3 Å². The lowest BCUT2D eigenvalue weighted by molar-refractivity contribution is -0.120. The Morgan fingerprint density at radius 2 is 1.94 bits per heavy atom. The molecule has 32 heavy (non-hydrogen) atoms. The number of hydrogen-bond donors (Lipinski definition) is 2. The third-order valence-electron chi connectivity index (χ3n) is 5.13. The van der Waals surface area contributed by atoms with Crippen LogP contribution in [0.15, 0.2) is 53.1 Å². The van der Waals surface area contributed by atoms with E-state index in [9.17, 15) is 14.7 Å². The summed E-state index contributed by atoms with van der Waals surface area (Å²) in [4.78, 5) is 27.5. The number of thiophene rings is 1. The number of amides is 2. The van der Waals surface area contributed by atoms with Crippen LogP contribution in [0.5, 0.6) is 0 Å². The molecule has 2 aromatic heterocycles. The second-order valence-electron chi connectivity index (χ2n) is 8.57. The number of nitrogens with zero attached hydrogens (tertiary/aromatic N) is 3. The van der Waals surface area contributed by atoms with Crippen LogP contribution in [-0.4, -0.2) is 43.9 Å². The Morgan fingerprint density at radius 1 is 1.25 bits per heavy atom. The second kappa shape index (κ2) is 9.87. The first-order chi connectivity index (χ1) is 15.1. The third-order valence-corrected chi connectivity index (χ3v) is 7.09. The minimum Gasteiger partial charge on any atom is -0.465 e. The molecule has 0 saturated carbocycles. The van der Waals surface area contributed by atoms with Crippen molar-refractivity contribution in [3.05, 3.63) is 58.7 Å².